The van der Waals surface area contributed by atoms with E-state index in [2.05, 4.69) is 5.32 Å². The third kappa shape index (κ3) is 5.26. The van der Waals surface area contributed by atoms with Crippen LogP contribution in [0.25, 0.3) is 0 Å². The SMILES string of the molecule is CC(C)=CC(=O)N[C@@H]1CC[C@H]2CN(C(=O)OC(C)(C)C)C[C@H]2C1. The van der Waals surface area contributed by atoms with Gasteiger partial charge in [-0.25, -0.2) is 4.79 Å². The third-order valence-electron chi connectivity index (χ3n) is 4.47. The highest BCUT2D eigenvalue weighted by Crippen LogP contribution is 2.36. The van der Waals surface area contributed by atoms with Gasteiger partial charge in [-0.3, -0.25) is 4.79 Å². The molecule has 0 aromatic heterocycles. The quantitative estimate of drug-likeness (QED) is 0.795. The second-order valence-electron chi connectivity index (χ2n) is 8.15. The van der Waals surface area contributed by atoms with Crippen molar-refractivity contribution in [1.82, 2.24) is 10.2 Å². The number of carbonyl (C=O) groups excluding carboxylic acids is 2. The van der Waals surface area contributed by atoms with Crippen molar-refractivity contribution in [1.29, 1.82) is 0 Å². The van der Waals surface area contributed by atoms with Gasteiger partial charge in [-0.05, 0) is 65.7 Å². The van der Waals surface area contributed by atoms with E-state index in [0.29, 0.717) is 11.8 Å². The molecule has 5 heteroatoms. The Hall–Kier alpha value is -1.52. The number of hydrogen-bond acceptors (Lipinski definition) is 3. The monoisotopic (exact) mass is 322 g/mol. The highest BCUT2D eigenvalue weighted by molar-refractivity contribution is 5.88. The first-order valence-corrected chi connectivity index (χ1v) is 8.57. The van der Waals surface area contributed by atoms with E-state index in [-0.39, 0.29) is 18.0 Å². The van der Waals surface area contributed by atoms with Crippen molar-refractivity contribution in [2.75, 3.05) is 13.1 Å². The maximum atomic E-state index is 12.2. The van der Waals surface area contributed by atoms with Crippen molar-refractivity contribution in [3.63, 3.8) is 0 Å². The Labute approximate surface area is 139 Å². The Morgan fingerprint density at radius 2 is 1.78 bits per heavy atom. The van der Waals surface area contributed by atoms with Gasteiger partial charge in [-0.15, -0.1) is 0 Å². The Bertz CT molecular complexity index is 489. The van der Waals surface area contributed by atoms with Gasteiger partial charge in [0, 0.05) is 25.2 Å². The first-order valence-electron chi connectivity index (χ1n) is 8.57. The molecule has 1 heterocycles. The summed E-state index contributed by atoms with van der Waals surface area (Å²) in [4.78, 5) is 25.9. The molecule has 0 bridgehead atoms. The van der Waals surface area contributed by atoms with Crippen molar-refractivity contribution in [3.05, 3.63) is 11.6 Å². The van der Waals surface area contributed by atoms with Crippen LogP contribution >= 0.6 is 0 Å². The fraction of sp³-hybridized carbons (Fsp3) is 0.778. The Balaban J connectivity index is 1.87. The number of nitrogens with one attached hydrogen (secondary N) is 1. The van der Waals surface area contributed by atoms with Crippen molar-refractivity contribution in [3.8, 4) is 0 Å². The van der Waals surface area contributed by atoms with E-state index in [4.69, 9.17) is 4.74 Å². The fourth-order valence-electron chi connectivity index (χ4n) is 3.54. The summed E-state index contributed by atoms with van der Waals surface area (Å²) in [7, 11) is 0. The van der Waals surface area contributed by atoms with Crippen LogP contribution < -0.4 is 5.32 Å². The summed E-state index contributed by atoms with van der Waals surface area (Å²) in [5.74, 6) is 1.00. The molecule has 1 saturated carbocycles. The Morgan fingerprint density at radius 3 is 2.39 bits per heavy atom. The number of rotatable bonds is 2. The first-order chi connectivity index (χ1) is 10.6. The van der Waals surface area contributed by atoms with E-state index >= 15 is 0 Å². The Morgan fingerprint density at radius 1 is 1.13 bits per heavy atom. The van der Waals surface area contributed by atoms with Crippen LogP contribution in [-0.4, -0.2) is 41.6 Å². The highest BCUT2D eigenvalue weighted by Gasteiger charge is 2.40. The van der Waals surface area contributed by atoms with E-state index in [0.717, 1.165) is 37.9 Å². The van der Waals surface area contributed by atoms with Gasteiger partial charge in [0.1, 0.15) is 5.60 Å². The summed E-state index contributed by atoms with van der Waals surface area (Å²) in [6.45, 7) is 11.1. The van der Waals surface area contributed by atoms with Gasteiger partial charge in [0.15, 0.2) is 0 Å². The molecule has 1 saturated heterocycles. The number of hydrogen-bond donors (Lipinski definition) is 1. The zero-order chi connectivity index (χ0) is 17.2. The molecule has 1 aliphatic heterocycles. The second kappa shape index (κ2) is 6.93. The molecule has 5 nitrogen and oxygen atoms in total. The number of ether oxygens (including phenoxy) is 1. The lowest BCUT2D eigenvalue weighted by molar-refractivity contribution is -0.117. The van der Waals surface area contributed by atoms with Crippen LogP contribution in [0.2, 0.25) is 0 Å². The molecule has 0 radical (unpaired) electrons. The highest BCUT2D eigenvalue weighted by atomic mass is 16.6. The predicted octanol–water partition coefficient (Wildman–Crippen LogP) is 3.10. The van der Waals surface area contributed by atoms with Crippen LogP contribution in [0, 0.1) is 11.8 Å². The van der Waals surface area contributed by atoms with E-state index in [1.165, 1.54) is 0 Å². The molecule has 2 amide bonds. The van der Waals surface area contributed by atoms with Crippen molar-refractivity contribution in [2.24, 2.45) is 11.8 Å². The van der Waals surface area contributed by atoms with Gasteiger partial charge in [0.25, 0.3) is 0 Å². The van der Waals surface area contributed by atoms with Crippen LogP contribution in [-0.2, 0) is 9.53 Å². The van der Waals surface area contributed by atoms with Crippen molar-refractivity contribution >= 4 is 12.0 Å². The molecule has 2 aliphatic rings. The van der Waals surface area contributed by atoms with E-state index in [1.807, 2.05) is 39.5 Å². The minimum atomic E-state index is -0.453. The lowest BCUT2D eigenvalue weighted by atomic mass is 9.79. The van der Waals surface area contributed by atoms with Gasteiger partial charge in [-0.2, -0.15) is 0 Å². The average molecular weight is 322 g/mol. The molecule has 3 atom stereocenters. The lowest BCUT2D eigenvalue weighted by Gasteiger charge is -2.31. The molecule has 2 fully saturated rings. The predicted molar refractivity (Wildman–Crippen MR) is 90.0 cm³/mol. The summed E-state index contributed by atoms with van der Waals surface area (Å²) in [6, 6.07) is 0.220. The summed E-state index contributed by atoms with van der Waals surface area (Å²) in [5, 5.41) is 3.10. The molecular weight excluding hydrogens is 292 g/mol. The summed E-state index contributed by atoms with van der Waals surface area (Å²) in [5.41, 5.74) is 0.555. The Kier molecular flexibility index (Phi) is 5.37. The largest absolute Gasteiger partial charge is 0.444 e. The van der Waals surface area contributed by atoms with Crippen LogP contribution in [0.15, 0.2) is 11.6 Å². The molecule has 130 valence electrons. The summed E-state index contributed by atoms with van der Waals surface area (Å²) < 4.78 is 5.47. The molecule has 0 aromatic carbocycles. The minimum absolute atomic E-state index is 0.00422. The van der Waals surface area contributed by atoms with E-state index in [1.54, 1.807) is 6.08 Å². The molecule has 2 rings (SSSR count). The third-order valence-corrected chi connectivity index (χ3v) is 4.47. The smallest absolute Gasteiger partial charge is 0.410 e. The van der Waals surface area contributed by atoms with E-state index in [9.17, 15) is 9.59 Å². The normalized spacial score (nSPS) is 27.2. The number of likely N-dealkylation sites (tertiary alicyclic amines) is 1. The van der Waals surface area contributed by atoms with Crippen LogP contribution in [0.1, 0.15) is 53.9 Å². The molecule has 0 aromatic rings. The molecule has 23 heavy (non-hydrogen) atoms. The maximum Gasteiger partial charge on any atom is 0.410 e. The summed E-state index contributed by atoms with van der Waals surface area (Å²) >= 11 is 0. The van der Waals surface area contributed by atoms with Gasteiger partial charge < -0.3 is 15.0 Å². The van der Waals surface area contributed by atoms with Crippen molar-refractivity contribution < 1.29 is 14.3 Å². The van der Waals surface area contributed by atoms with Gasteiger partial charge >= 0.3 is 6.09 Å². The second-order valence-corrected chi connectivity index (χ2v) is 8.15. The van der Waals surface area contributed by atoms with Crippen LogP contribution in [0.4, 0.5) is 4.79 Å². The molecule has 1 aliphatic carbocycles. The zero-order valence-electron chi connectivity index (χ0n) is 15.0. The van der Waals surface area contributed by atoms with Crippen molar-refractivity contribution in [2.45, 2.75) is 65.5 Å². The van der Waals surface area contributed by atoms with E-state index < -0.39 is 5.60 Å². The molecule has 0 spiro atoms. The first kappa shape index (κ1) is 17.8. The van der Waals surface area contributed by atoms with Gasteiger partial charge in [0.2, 0.25) is 5.91 Å². The lowest BCUT2D eigenvalue weighted by Crippen LogP contribution is -2.40. The molecular formula is C18H30N2O3. The standard InChI is InChI=1S/C18H30N2O3/c1-12(2)8-16(21)19-15-7-6-13-10-20(11-14(13)9-15)17(22)23-18(3,4)5/h8,13-15H,6-7,9-11H2,1-5H3,(H,19,21)/t13-,14+,15+/m0/s1. The van der Waals surface area contributed by atoms with Crippen LogP contribution in [0.3, 0.4) is 0 Å². The van der Waals surface area contributed by atoms with Crippen LogP contribution in [0.5, 0.6) is 0 Å². The number of fused-ring (bicyclic) bond motifs is 1. The topological polar surface area (TPSA) is 58.6 Å². The van der Waals surface area contributed by atoms with Gasteiger partial charge in [-0.1, -0.05) is 5.57 Å². The number of amides is 2. The summed E-state index contributed by atoms with van der Waals surface area (Å²) in [6.07, 6.45) is 4.44. The number of allylic oxidation sites excluding steroid dienone is 1. The molecule has 1 N–H and O–H groups in total. The zero-order valence-corrected chi connectivity index (χ0v) is 15.0. The number of carbonyl (C=O) groups is 2. The minimum Gasteiger partial charge on any atom is -0.444 e. The number of nitrogens with zero attached hydrogens (tertiary/aromatic N) is 1. The fourth-order valence-corrected chi connectivity index (χ4v) is 3.54. The van der Waals surface area contributed by atoms with Gasteiger partial charge in [0.05, 0.1) is 0 Å². The molecule has 0 unspecified atom stereocenters. The average Bonchev–Trinajstić information content (AvgIpc) is 2.78. The maximum absolute atomic E-state index is 12.2.